The van der Waals surface area contributed by atoms with E-state index in [-0.39, 0.29) is 17.6 Å². The van der Waals surface area contributed by atoms with Crippen LogP contribution in [0.1, 0.15) is 32.6 Å². The lowest BCUT2D eigenvalue weighted by atomic mass is 9.97. The monoisotopic (exact) mass is 475 g/mol. The van der Waals surface area contributed by atoms with E-state index >= 15 is 0 Å². The Morgan fingerprint density at radius 3 is 2.72 bits per heavy atom. The topological polar surface area (TPSA) is 79.4 Å². The number of thiazole rings is 1. The highest BCUT2D eigenvalue weighted by Crippen LogP contribution is 2.33. The molecule has 2 heterocycles. The molecule has 0 atom stereocenters. The number of aromatic nitrogens is 1. The van der Waals surface area contributed by atoms with Gasteiger partial charge in [-0.1, -0.05) is 36.5 Å². The number of hydrogen-bond acceptors (Lipinski definition) is 5. The first kappa shape index (κ1) is 22.5. The van der Waals surface area contributed by atoms with Crippen molar-refractivity contribution >= 4 is 55.6 Å². The summed E-state index contributed by atoms with van der Waals surface area (Å²) in [5.74, 6) is -0.183. The number of piperidine rings is 1. The van der Waals surface area contributed by atoms with Crippen molar-refractivity contribution in [3.8, 4) is 11.3 Å². The third-order valence-corrected chi connectivity index (χ3v) is 8.19. The molecule has 158 valence electrons. The molecule has 10 heteroatoms. The highest BCUT2D eigenvalue weighted by atomic mass is 35.5. The van der Waals surface area contributed by atoms with Crippen LogP contribution in [0.15, 0.2) is 23.6 Å². The number of carbonyl (C=O) groups is 1. The molecular formula is C19H23Cl2N3O3S2. The fraction of sp³-hybridized carbons (Fsp3) is 0.474. The van der Waals surface area contributed by atoms with E-state index in [0.29, 0.717) is 58.8 Å². The van der Waals surface area contributed by atoms with E-state index in [1.165, 1.54) is 15.6 Å². The molecule has 1 aliphatic rings. The first-order chi connectivity index (χ1) is 13.8. The fourth-order valence-electron chi connectivity index (χ4n) is 3.21. The Balaban J connectivity index is 1.58. The number of unbranched alkanes of at least 4 members (excludes halogenated alkanes) is 1. The summed E-state index contributed by atoms with van der Waals surface area (Å²) >= 11 is 13.6. The SMILES string of the molecule is CCCCS(=O)(=O)N1CCC(C(=O)Nc2nc(-c3cc(Cl)ccc3Cl)cs2)CC1. The lowest BCUT2D eigenvalue weighted by Crippen LogP contribution is -2.42. The van der Waals surface area contributed by atoms with Crippen molar-refractivity contribution in [3.63, 3.8) is 0 Å². The van der Waals surface area contributed by atoms with Crippen LogP contribution in [0.4, 0.5) is 5.13 Å². The predicted octanol–water partition coefficient (Wildman–Crippen LogP) is 4.90. The van der Waals surface area contributed by atoms with Gasteiger partial charge in [0.05, 0.1) is 16.5 Å². The fourth-order valence-corrected chi connectivity index (χ4v) is 5.99. The van der Waals surface area contributed by atoms with Gasteiger partial charge in [-0.2, -0.15) is 0 Å². The molecule has 1 aromatic heterocycles. The second-order valence-corrected chi connectivity index (χ2v) is 10.8. The van der Waals surface area contributed by atoms with Crippen LogP contribution in [-0.2, 0) is 14.8 Å². The lowest BCUT2D eigenvalue weighted by Gasteiger charge is -2.30. The number of carbonyl (C=O) groups excluding carboxylic acids is 1. The van der Waals surface area contributed by atoms with Crippen LogP contribution >= 0.6 is 34.5 Å². The lowest BCUT2D eigenvalue weighted by molar-refractivity contribution is -0.120. The summed E-state index contributed by atoms with van der Waals surface area (Å²) in [7, 11) is -3.22. The molecule has 0 spiro atoms. The highest BCUT2D eigenvalue weighted by molar-refractivity contribution is 7.89. The number of hydrogen-bond donors (Lipinski definition) is 1. The molecule has 1 aromatic carbocycles. The third kappa shape index (κ3) is 5.70. The largest absolute Gasteiger partial charge is 0.302 e. The first-order valence-electron chi connectivity index (χ1n) is 9.50. The van der Waals surface area contributed by atoms with Gasteiger partial charge in [-0.05, 0) is 37.5 Å². The van der Waals surface area contributed by atoms with E-state index in [1.54, 1.807) is 18.2 Å². The minimum Gasteiger partial charge on any atom is -0.302 e. The number of nitrogens with one attached hydrogen (secondary N) is 1. The summed E-state index contributed by atoms with van der Waals surface area (Å²) in [6, 6.07) is 5.15. The quantitative estimate of drug-likeness (QED) is 0.617. The van der Waals surface area contributed by atoms with Crippen molar-refractivity contribution < 1.29 is 13.2 Å². The Morgan fingerprint density at radius 1 is 1.31 bits per heavy atom. The number of halogens is 2. The van der Waals surface area contributed by atoms with Crippen molar-refractivity contribution in [1.82, 2.24) is 9.29 Å². The second kappa shape index (κ2) is 9.75. The smallest absolute Gasteiger partial charge is 0.229 e. The Hall–Kier alpha value is -1.19. The normalized spacial score (nSPS) is 16.1. The molecular weight excluding hydrogens is 453 g/mol. The molecule has 0 aliphatic carbocycles. The van der Waals surface area contributed by atoms with Gasteiger partial charge in [-0.15, -0.1) is 11.3 Å². The van der Waals surface area contributed by atoms with E-state index in [2.05, 4.69) is 10.3 Å². The number of nitrogens with zero attached hydrogens (tertiary/aromatic N) is 2. The van der Waals surface area contributed by atoms with Gasteiger partial charge in [0.2, 0.25) is 15.9 Å². The zero-order chi connectivity index (χ0) is 21.0. The van der Waals surface area contributed by atoms with Crippen molar-refractivity contribution in [2.45, 2.75) is 32.6 Å². The van der Waals surface area contributed by atoms with E-state index in [1.807, 2.05) is 12.3 Å². The molecule has 1 saturated heterocycles. The Bertz CT molecular complexity index is 971. The van der Waals surface area contributed by atoms with E-state index in [4.69, 9.17) is 23.2 Å². The van der Waals surface area contributed by atoms with Crippen LogP contribution < -0.4 is 5.32 Å². The average molecular weight is 476 g/mol. The predicted molar refractivity (Wildman–Crippen MR) is 119 cm³/mol. The Kier molecular flexibility index (Phi) is 7.56. The molecule has 29 heavy (non-hydrogen) atoms. The Morgan fingerprint density at radius 2 is 2.03 bits per heavy atom. The van der Waals surface area contributed by atoms with Crippen molar-refractivity contribution in [2.75, 3.05) is 24.2 Å². The van der Waals surface area contributed by atoms with Crippen LogP contribution in [0.5, 0.6) is 0 Å². The summed E-state index contributed by atoms with van der Waals surface area (Å²) in [5, 5.41) is 6.24. The minimum absolute atomic E-state index is 0.131. The van der Waals surface area contributed by atoms with Crippen molar-refractivity contribution in [2.24, 2.45) is 5.92 Å². The van der Waals surface area contributed by atoms with Gasteiger partial charge in [-0.3, -0.25) is 4.79 Å². The van der Waals surface area contributed by atoms with E-state index in [9.17, 15) is 13.2 Å². The standard InChI is InChI=1S/C19H23Cl2N3O3S2/c1-2-3-10-29(26,27)24-8-6-13(7-9-24)18(25)23-19-22-17(12-28-19)15-11-14(20)4-5-16(15)21/h4-5,11-13H,2-3,6-10H2,1H3,(H,22,23,25). The van der Waals surface area contributed by atoms with E-state index in [0.717, 1.165) is 6.42 Å². The van der Waals surface area contributed by atoms with Crippen LogP contribution in [0, 0.1) is 5.92 Å². The molecule has 0 bridgehead atoms. The number of rotatable bonds is 7. The molecule has 6 nitrogen and oxygen atoms in total. The highest BCUT2D eigenvalue weighted by Gasteiger charge is 2.31. The van der Waals surface area contributed by atoms with Crippen LogP contribution in [-0.4, -0.2) is 42.5 Å². The van der Waals surface area contributed by atoms with Gasteiger partial charge in [0, 0.05) is 35.0 Å². The summed E-state index contributed by atoms with van der Waals surface area (Å²) in [5.41, 5.74) is 1.36. The molecule has 0 unspecified atom stereocenters. The van der Waals surface area contributed by atoms with Gasteiger partial charge in [0.15, 0.2) is 5.13 Å². The molecule has 2 aromatic rings. The number of amides is 1. The summed E-state index contributed by atoms with van der Waals surface area (Å²) in [6.07, 6.45) is 2.52. The molecule has 1 fully saturated rings. The minimum atomic E-state index is -3.22. The summed E-state index contributed by atoms with van der Waals surface area (Å²) in [6.45, 7) is 2.73. The van der Waals surface area contributed by atoms with Gasteiger partial charge in [0.1, 0.15) is 0 Å². The molecule has 3 rings (SSSR count). The van der Waals surface area contributed by atoms with Crippen LogP contribution in [0.3, 0.4) is 0 Å². The average Bonchev–Trinajstić information content (AvgIpc) is 3.16. The number of benzene rings is 1. The van der Waals surface area contributed by atoms with Crippen molar-refractivity contribution in [3.05, 3.63) is 33.6 Å². The molecule has 0 saturated carbocycles. The summed E-state index contributed by atoms with van der Waals surface area (Å²) < 4.78 is 26.1. The number of anilines is 1. The zero-order valence-electron chi connectivity index (χ0n) is 16.0. The van der Waals surface area contributed by atoms with Crippen molar-refractivity contribution in [1.29, 1.82) is 0 Å². The second-order valence-electron chi connectivity index (χ2n) is 6.99. The molecule has 1 aliphatic heterocycles. The van der Waals surface area contributed by atoms with Gasteiger partial charge >= 0.3 is 0 Å². The summed E-state index contributed by atoms with van der Waals surface area (Å²) in [4.78, 5) is 17.0. The molecule has 1 N–H and O–H groups in total. The van der Waals surface area contributed by atoms with Gasteiger partial charge < -0.3 is 5.32 Å². The van der Waals surface area contributed by atoms with Gasteiger partial charge in [0.25, 0.3) is 0 Å². The molecule has 1 amide bonds. The maximum Gasteiger partial charge on any atom is 0.229 e. The van der Waals surface area contributed by atoms with Crippen LogP contribution in [0.2, 0.25) is 10.0 Å². The maximum absolute atomic E-state index is 12.6. The Labute approximate surface area is 185 Å². The van der Waals surface area contributed by atoms with E-state index < -0.39 is 10.0 Å². The maximum atomic E-state index is 12.6. The molecule has 0 radical (unpaired) electrons. The van der Waals surface area contributed by atoms with Gasteiger partial charge in [-0.25, -0.2) is 17.7 Å². The number of sulfonamides is 1. The third-order valence-electron chi connectivity index (χ3n) is 4.91. The van der Waals surface area contributed by atoms with Crippen LogP contribution in [0.25, 0.3) is 11.3 Å². The zero-order valence-corrected chi connectivity index (χ0v) is 19.2. The first-order valence-corrected chi connectivity index (χ1v) is 12.7.